The minimum Gasteiger partial charge on any atom is -0.382 e. The average Bonchev–Trinajstić information content (AvgIpc) is 2.70. The number of methoxy groups -OCH3 is 1. The fraction of sp³-hybridized carbons (Fsp3) is 0.571. The molecule has 0 aromatic heterocycles. The van der Waals surface area contributed by atoms with Gasteiger partial charge in [0.25, 0.3) is 0 Å². The molecule has 0 amide bonds. The van der Waals surface area contributed by atoms with E-state index in [2.05, 4.69) is 53.5 Å². The van der Waals surface area contributed by atoms with Gasteiger partial charge in [-0.05, 0) is 37.3 Å². The number of benzene rings is 1. The maximum Gasteiger partial charge on any atom is 0.194 e. The van der Waals surface area contributed by atoms with Crippen LogP contribution in [0.5, 0.6) is 0 Å². The number of hydrogen-bond acceptors (Lipinski definition) is 3. The van der Waals surface area contributed by atoms with Crippen LogP contribution in [0.2, 0.25) is 0 Å². The molecule has 0 bridgehead atoms. The Morgan fingerprint density at radius 1 is 1.15 bits per heavy atom. The Morgan fingerprint density at radius 2 is 2.00 bits per heavy atom. The summed E-state index contributed by atoms with van der Waals surface area (Å²) < 4.78 is 10.5. The molecule has 0 saturated heterocycles. The van der Waals surface area contributed by atoms with Crippen molar-refractivity contribution < 1.29 is 9.47 Å². The van der Waals surface area contributed by atoms with Crippen molar-refractivity contribution in [2.75, 3.05) is 53.1 Å². The van der Waals surface area contributed by atoms with E-state index in [0.29, 0.717) is 13.2 Å². The van der Waals surface area contributed by atoms with Gasteiger partial charge in [-0.15, -0.1) is 0 Å². The van der Waals surface area contributed by atoms with Crippen molar-refractivity contribution in [2.24, 2.45) is 4.99 Å². The van der Waals surface area contributed by atoms with E-state index in [1.807, 2.05) is 0 Å². The van der Waals surface area contributed by atoms with Gasteiger partial charge in [-0.3, -0.25) is 4.99 Å². The Morgan fingerprint density at radius 3 is 2.69 bits per heavy atom. The van der Waals surface area contributed by atoms with E-state index < -0.39 is 0 Å². The normalized spacial score (nSPS) is 15.1. The second kappa shape index (κ2) is 12.5. The third kappa shape index (κ3) is 7.18. The molecule has 1 aromatic carbocycles. The molecule has 0 spiro atoms. The van der Waals surface area contributed by atoms with Gasteiger partial charge in [-0.2, -0.15) is 0 Å². The number of nitrogens with one attached hydrogen (secondary N) is 1. The first kappa shape index (κ1) is 20.5. The van der Waals surface area contributed by atoms with Crippen LogP contribution in [0, 0.1) is 0 Å². The Balaban J connectivity index is 1.77. The van der Waals surface area contributed by atoms with Crippen LogP contribution in [0.4, 0.5) is 0 Å². The van der Waals surface area contributed by atoms with Gasteiger partial charge < -0.3 is 19.7 Å². The van der Waals surface area contributed by atoms with E-state index in [0.717, 1.165) is 58.0 Å². The molecule has 0 unspecified atom stereocenters. The zero-order valence-corrected chi connectivity index (χ0v) is 16.2. The van der Waals surface area contributed by atoms with Gasteiger partial charge in [0, 0.05) is 39.9 Å². The van der Waals surface area contributed by atoms with Crippen molar-refractivity contribution >= 4 is 11.5 Å². The van der Waals surface area contributed by atoms with Gasteiger partial charge in [0.1, 0.15) is 0 Å². The van der Waals surface area contributed by atoms with Crippen LogP contribution in [-0.4, -0.2) is 64.0 Å². The summed E-state index contributed by atoms with van der Waals surface area (Å²) in [6, 6.07) is 10.7. The molecule has 0 saturated carbocycles. The Labute approximate surface area is 158 Å². The molecule has 26 heavy (non-hydrogen) atoms. The van der Waals surface area contributed by atoms with Gasteiger partial charge in [0.2, 0.25) is 0 Å². The van der Waals surface area contributed by atoms with Crippen LogP contribution in [0.25, 0.3) is 5.57 Å². The second-order valence-electron chi connectivity index (χ2n) is 6.34. The lowest BCUT2D eigenvalue weighted by Crippen LogP contribution is -2.43. The summed E-state index contributed by atoms with van der Waals surface area (Å²) in [5.41, 5.74) is 2.77. The quantitative estimate of drug-likeness (QED) is 0.396. The van der Waals surface area contributed by atoms with Gasteiger partial charge in [-0.25, -0.2) is 0 Å². The smallest absolute Gasteiger partial charge is 0.194 e. The number of ether oxygens (including phenoxy) is 2. The highest BCUT2D eigenvalue weighted by Crippen LogP contribution is 2.21. The highest BCUT2D eigenvalue weighted by Gasteiger charge is 2.15. The maximum absolute atomic E-state index is 5.49. The van der Waals surface area contributed by atoms with E-state index >= 15 is 0 Å². The third-order valence-electron chi connectivity index (χ3n) is 4.38. The highest BCUT2D eigenvalue weighted by molar-refractivity contribution is 5.81. The summed E-state index contributed by atoms with van der Waals surface area (Å²) in [5, 5.41) is 3.42. The molecule has 1 aliphatic rings. The summed E-state index contributed by atoms with van der Waals surface area (Å²) in [4.78, 5) is 7.13. The number of guanidine groups is 1. The van der Waals surface area contributed by atoms with Crippen molar-refractivity contribution in [3.05, 3.63) is 42.0 Å². The van der Waals surface area contributed by atoms with Crippen LogP contribution < -0.4 is 5.32 Å². The van der Waals surface area contributed by atoms with E-state index in [1.54, 1.807) is 7.11 Å². The number of nitrogens with zero attached hydrogens (tertiary/aromatic N) is 2. The molecule has 2 rings (SSSR count). The Kier molecular flexibility index (Phi) is 9.83. The molecule has 144 valence electrons. The third-order valence-corrected chi connectivity index (χ3v) is 4.38. The molecule has 1 heterocycles. The second-order valence-corrected chi connectivity index (χ2v) is 6.34. The van der Waals surface area contributed by atoms with E-state index in [1.165, 1.54) is 11.1 Å². The van der Waals surface area contributed by atoms with Crippen molar-refractivity contribution in [1.29, 1.82) is 0 Å². The van der Waals surface area contributed by atoms with E-state index in [-0.39, 0.29) is 0 Å². The van der Waals surface area contributed by atoms with Crippen molar-refractivity contribution in [2.45, 2.75) is 26.2 Å². The molecule has 0 atom stereocenters. The maximum atomic E-state index is 5.49. The molecular formula is C21H33N3O2. The lowest BCUT2D eigenvalue weighted by atomic mass is 10.00. The van der Waals surface area contributed by atoms with Crippen molar-refractivity contribution in [1.82, 2.24) is 10.2 Å². The molecule has 0 aliphatic carbocycles. The van der Waals surface area contributed by atoms with Crippen molar-refractivity contribution in [3.63, 3.8) is 0 Å². The topological polar surface area (TPSA) is 46.1 Å². The first-order valence-corrected chi connectivity index (χ1v) is 9.69. The monoisotopic (exact) mass is 359 g/mol. The van der Waals surface area contributed by atoms with Gasteiger partial charge in [0.05, 0.1) is 13.2 Å². The number of unbranched alkanes of at least 4 members (excludes halogenated alkanes) is 1. The van der Waals surface area contributed by atoms with Gasteiger partial charge >= 0.3 is 0 Å². The van der Waals surface area contributed by atoms with E-state index in [9.17, 15) is 0 Å². The fourth-order valence-corrected chi connectivity index (χ4v) is 2.95. The molecule has 1 N–H and O–H groups in total. The molecule has 0 radical (unpaired) electrons. The van der Waals surface area contributed by atoms with Crippen LogP contribution in [0.15, 0.2) is 41.4 Å². The Hall–Kier alpha value is -1.85. The lowest BCUT2D eigenvalue weighted by molar-refractivity contribution is 0.0690. The molecule has 0 fully saturated rings. The van der Waals surface area contributed by atoms with Gasteiger partial charge in [0.15, 0.2) is 5.96 Å². The minimum absolute atomic E-state index is 0.663. The standard InChI is InChI=1S/C21H33N3O2/c1-3-22-21(23-13-7-8-16-26-18-17-25-2)24-14-11-20(12-15-24)19-9-5-4-6-10-19/h4-6,9-11H,3,7-8,12-18H2,1-2H3,(H,22,23). The molecule has 5 heteroatoms. The van der Waals surface area contributed by atoms with Crippen molar-refractivity contribution in [3.8, 4) is 0 Å². The average molecular weight is 360 g/mol. The summed E-state index contributed by atoms with van der Waals surface area (Å²) >= 11 is 0. The van der Waals surface area contributed by atoms with Crippen LogP contribution in [0.3, 0.4) is 0 Å². The first-order chi connectivity index (χ1) is 12.8. The summed E-state index contributed by atoms with van der Waals surface area (Å²) in [7, 11) is 1.69. The number of rotatable bonds is 10. The lowest BCUT2D eigenvalue weighted by Gasteiger charge is -2.30. The summed E-state index contributed by atoms with van der Waals surface area (Å²) in [6.07, 6.45) is 5.46. The van der Waals surface area contributed by atoms with Crippen LogP contribution in [-0.2, 0) is 9.47 Å². The summed E-state index contributed by atoms with van der Waals surface area (Å²) in [5.74, 6) is 1.02. The molecule has 5 nitrogen and oxygen atoms in total. The predicted molar refractivity (Wildman–Crippen MR) is 109 cm³/mol. The zero-order chi connectivity index (χ0) is 18.5. The highest BCUT2D eigenvalue weighted by atomic mass is 16.5. The summed E-state index contributed by atoms with van der Waals surface area (Å²) in [6.45, 7) is 7.88. The zero-order valence-electron chi connectivity index (χ0n) is 16.2. The minimum atomic E-state index is 0.663. The molecule has 1 aliphatic heterocycles. The van der Waals surface area contributed by atoms with Crippen LogP contribution in [0.1, 0.15) is 31.7 Å². The largest absolute Gasteiger partial charge is 0.382 e. The fourth-order valence-electron chi connectivity index (χ4n) is 2.95. The van der Waals surface area contributed by atoms with Crippen LogP contribution >= 0.6 is 0 Å². The van der Waals surface area contributed by atoms with E-state index in [4.69, 9.17) is 14.5 Å². The SMILES string of the molecule is CCNC(=NCCCCOCCOC)N1CC=C(c2ccccc2)CC1. The first-order valence-electron chi connectivity index (χ1n) is 9.69. The predicted octanol–water partition coefficient (Wildman–Crippen LogP) is 3.18. The molecule has 1 aromatic rings. The molecular weight excluding hydrogens is 326 g/mol. The van der Waals surface area contributed by atoms with Gasteiger partial charge in [-0.1, -0.05) is 36.4 Å². The number of hydrogen-bond donors (Lipinski definition) is 1. The number of aliphatic imine (C=N–C) groups is 1. The Bertz CT molecular complexity index is 558.